The minimum atomic E-state index is -1.15. The molecule has 0 saturated carbocycles. The van der Waals surface area contributed by atoms with Crippen molar-refractivity contribution < 1.29 is 34.1 Å². The molecule has 0 unspecified atom stereocenters. The van der Waals surface area contributed by atoms with E-state index < -0.39 is 18.2 Å². The van der Waals surface area contributed by atoms with Gasteiger partial charge in [0.2, 0.25) is 11.4 Å². The lowest BCUT2D eigenvalue weighted by atomic mass is 9.99. The molecule has 2 atom stereocenters. The summed E-state index contributed by atoms with van der Waals surface area (Å²) in [5.41, 5.74) is 2.13. The van der Waals surface area contributed by atoms with E-state index >= 15 is 0 Å². The molecule has 0 spiro atoms. The number of aromatic nitrogens is 2. The van der Waals surface area contributed by atoms with Gasteiger partial charge in [0, 0.05) is 24.5 Å². The Labute approximate surface area is 269 Å². The van der Waals surface area contributed by atoms with Crippen LogP contribution in [-0.2, 0) is 6.61 Å². The monoisotopic (exact) mass is 641 g/mol. The van der Waals surface area contributed by atoms with E-state index in [-0.39, 0.29) is 47.5 Å². The van der Waals surface area contributed by atoms with Gasteiger partial charge in [-0.05, 0) is 60.3 Å². The third-order valence-corrected chi connectivity index (χ3v) is 7.41. The number of oxazole rings is 1. The van der Waals surface area contributed by atoms with E-state index in [0.717, 1.165) is 12.0 Å². The summed E-state index contributed by atoms with van der Waals surface area (Å²) >= 11 is 0. The highest BCUT2D eigenvalue weighted by molar-refractivity contribution is 5.91. The van der Waals surface area contributed by atoms with E-state index in [1.54, 1.807) is 36.4 Å². The molecule has 5 rings (SSSR count). The number of nitrogens with zero attached hydrogens (tertiary/aromatic N) is 1. The molecule has 5 aromatic rings. The van der Waals surface area contributed by atoms with Crippen molar-refractivity contribution in [3.05, 3.63) is 124 Å². The predicted octanol–water partition coefficient (Wildman–Crippen LogP) is 3.99. The number of rotatable bonds is 15. The van der Waals surface area contributed by atoms with Crippen molar-refractivity contribution in [1.29, 1.82) is 0 Å². The number of carbonyl (C=O) groups excluding carboxylic acids is 1. The number of H-pyrrole nitrogens is 1. The van der Waals surface area contributed by atoms with E-state index in [9.17, 15) is 29.7 Å². The second-order valence-electron chi connectivity index (χ2n) is 10.7. The molecule has 13 heteroatoms. The van der Waals surface area contributed by atoms with Crippen LogP contribution >= 0.6 is 0 Å². The van der Waals surface area contributed by atoms with Crippen molar-refractivity contribution in [2.24, 2.45) is 0 Å². The maximum absolute atomic E-state index is 12.5. The first-order valence-corrected chi connectivity index (χ1v) is 15.0. The molecule has 0 aliphatic carbocycles. The van der Waals surface area contributed by atoms with Gasteiger partial charge in [-0.3, -0.25) is 9.59 Å². The summed E-state index contributed by atoms with van der Waals surface area (Å²) in [7, 11) is 0. The minimum absolute atomic E-state index is 0.0332. The van der Waals surface area contributed by atoms with Crippen LogP contribution in [0.4, 0.5) is 4.79 Å². The van der Waals surface area contributed by atoms with Crippen LogP contribution < -0.4 is 26.2 Å². The van der Waals surface area contributed by atoms with Gasteiger partial charge in [0.05, 0.1) is 17.7 Å². The van der Waals surface area contributed by atoms with E-state index in [1.807, 2.05) is 30.3 Å². The van der Waals surface area contributed by atoms with Crippen molar-refractivity contribution in [3.8, 4) is 11.5 Å². The van der Waals surface area contributed by atoms with Gasteiger partial charge in [0.15, 0.2) is 12.3 Å². The average Bonchev–Trinajstić information content (AvgIpc) is 3.56. The Hall–Kier alpha value is -5.66. The fourth-order valence-electron chi connectivity index (χ4n) is 5.10. The molecule has 0 aliphatic rings. The fourth-order valence-corrected chi connectivity index (χ4v) is 5.10. The highest BCUT2D eigenvalue weighted by Gasteiger charge is 2.18. The number of hydrogen-bond acceptors (Lipinski definition) is 9. The van der Waals surface area contributed by atoms with Gasteiger partial charge in [-0.2, -0.15) is 0 Å². The summed E-state index contributed by atoms with van der Waals surface area (Å²) in [5.74, 6) is 0.243. The van der Waals surface area contributed by atoms with Gasteiger partial charge >= 0.3 is 6.09 Å². The van der Waals surface area contributed by atoms with Gasteiger partial charge < -0.3 is 45.4 Å². The molecular weight excluding hydrogens is 606 g/mol. The van der Waals surface area contributed by atoms with Crippen LogP contribution in [0, 0.1) is 0 Å². The van der Waals surface area contributed by atoms with Gasteiger partial charge in [0.1, 0.15) is 17.8 Å². The molecule has 13 nitrogen and oxygen atoms in total. The highest BCUT2D eigenvalue weighted by Crippen LogP contribution is 2.29. The zero-order valence-electron chi connectivity index (χ0n) is 25.3. The number of fused-ring (bicyclic) bond motifs is 1. The van der Waals surface area contributed by atoms with Crippen LogP contribution in [0.3, 0.4) is 0 Å². The smallest absolute Gasteiger partial charge is 0.405 e. The Morgan fingerprint density at radius 1 is 0.957 bits per heavy atom. The predicted molar refractivity (Wildman–Crippen MR) is 172 cm³/mol. The number of aliphatic hydroxyl groups excluding tert-OH is 1. The van der Waals surface area contributed by atoms with Crippen LogP contribution in [0.15, 0.2) is 94.3 Å². The lowest BCUT2D eigenvalue weighted by Gasteiger charge is -2.18. The third-order valence-electron chi connectivity index (χ3n) is 7.41. The quantitative estimate of drug-likeness (QED) is 0.0820. The third kappa shape index (κ3) is 8.75. The number of amides is 2. The number of pyridine rings is 1. The molecule has 2 heterocycles. The molecule has 2 amide bonds. The Bertz CT molecular complexity index is 1870. The van der Waals surface area contributed by atoms with Crippen LogP contribution in [0.1, 0.15) is 58.1 Å². The lowest BCUT2D eigenvalue weighted by Crippen LogP contribution is -2.27. The van der Waals surface area contributed by atoms with Gasteiger partial charge in [-0.25, -0.2) is 9.78 Å². The maximum Gasteiger partial charge on any atom is 0.405 e. The summed E-state index contributed by atoms with van der Waals surface area (Å²) in [6.07, 6.45) is 0.685. The summed E-state index contributed by atoms with van der Waals surface area (Å²) < 4.78 is 11.2. The molecule has 0 saturated heterocycles. The first kappa shape index (κ1) is 32.7. The SMILES string of the molecule is O=C(O)N[C@@H](c1ccccc1)c1cccc(OCc2nc(C(=O)NCCCCNC[C@H](O)c3ccc(O)c4[nH]c(=O)ccc34)co2)c1. The summed E-state index contributed by atoms with van der Waals surface area (Å²) in [6.45, 7) is 1.25. The normalized spacial score (nSPS) is 12.4. The molecule has 2 aromatic heterocycles. The number of carboxylic acid groups (broad SMARTS) is 1. The van der Waals surface area contributed by atoms with E-state index in [1.165, 1.54) is 18.4 Å². The van der Waals surface area contributed by atoms with Crippen molar-refractivity contribution >= 4 is 22.9 Å². The van der Waals surface area contributed by atoms with E-state index in [4.69, 9.17) is 9.15 Å². The Morgan fingerprint density at radius 3 is 2.55 bits per heavy atom. The number of nitrogens with one attached hydrogen (secondary N) is 4. The van der Waals surface area contributed by atoms with Crippen molar-refractivity contribution in [3.63, 3.8) is 0 Å². The van der Waals surface area contributed by atoms with E-state index in [2.05, 4.69) is 25.9 Å². The van der Waals surface area contributed by atoms with Crippen LogP contribution in [0.5, 0.6) is 11.5 Å². The van der Waals surface area contributed by atoms with Gasteiger partial charge in [0.25, 0.3) is 5.91 Å². The highest BCUT2D eigenvalue weighted by atomic mass is 16.5. The number of carbonyl (C=O) groups is 2. The number of phenols is 1. The Kier molecular flexibility index (Phi) is 10.8. The molecule has 0 radical (unpaired) electrons. The molecule has 7 N–H and O–H groups in total. The molecule has 3 aromatic carbocycles. The first-order chi connectivity index (χ1) is 22.8. The topological polar surface area (TPSA) is 199 Å². The standard InChI is InChI=1S/C34H35N5O8/c40-27-13-11-24(25-12-14-29(42)38-32(25)27)28(41)18-35-15-4-5-16-36-33(43)26-19-47-30(37-26)20-46-23-10-6-9-22(17-23)31(39-34(44)45)21-7-2-1-3-8-21/h1-3,6-14,17,19,28,31,35,39-41H,4-5,15-16,18,20H2,(H,36,43)(H,38,42)(H,44,45)/t28-,31-/m0/s1. The maximum atomic E-state index is 12.5. The van der Waals surface area contributed by atoms with Crippen molar-refractivity contribution in [2.45, 2.75) is 31.6 Å². The molecule has 0 bridgehead atoms. The summed E-state index contributed by atoms with van der Waals surface area (Å²) in [6, 6.07) is 21.6. The van der Waals surface area contributed by atoms with Gasteiger partial charge in [-0.15, -0.1) is 0 Å². The fraction of sp³-hybridized carbons (Fsp3) is 0.235. The van der Waals surface area contributed by atoms with Crippen LogP contribution in [-0.4, -0.2) is 56.9 Å². The van der Waals surface area contributed by atoms with E-state index in [0.29, 0.717) is 41.8 Å². The number of benzene rings is 3. The largest absolute Gasteiger partial charge is 0.506 e. The number of aromatic hydroxyl groups is 1. The number of hydrogen-bond donors (Lipinski definition) is 7. The average molecular weight is 642 g/mol. The first-order valence-electron chi connectivity index (χ1n) is 15.0. The molecule has 0 fully saturated rings. The summed E-state index contributed by atoms with van der Waals surface area (Å²) in [4.78, 5) is 42.4. The number of unbranched alkanes of at least 4 members (excludes halogenated alkanes) is 1. The lowest BCUT2D eigenvalue weighted by molar-refractivity contribution is 0.0947. The Morgan fingerprint density at radius 2 is 1.74 bits per heavy atom. The molecule has 244 valence electrons. The molecule has 0 aliphatic heterocycles. The van der Waals surface area contributed by atoms with Crippen molar-refractivity contribution in [1.82, 2.24) is 25.9 Å². The summed E-state index contributed by atoms with van der Waals surface area (Å²) in [5, 5.41) is 39.1. The van der Waals surface area contributed by atoms with Crippen molar-refractivity contribution in [2.75, 3.05) is 19.6 Å². The van der Waals surface area contributed by atoms with Crippen LogP contribution in [0.2, 0.25) is 0 Å². The molecular formula is C34H35N5O8. The number of ether oxygens (including phenoxy) is 1. The number of aromatic amines is 1. The molecule has 47 heavy (non-hydrogen) atoms. The second-order valence-corrected chi connectivity index (χ2v) is 10.7. The Balaban J connectivity index is 1.03. The zero-order valence-corrected chi connectivity index (χ0v) is 25.3. The number of aliphatic hydroxyl groups is 1. The minimum Gasteiger partial charge on any atom is -0.506 e. The van der Waals surface area contributed by atoms with Crippen LogP contribution in [0.25, 0.3) is 10.9 Å². The number of phenolic OH excluding ortho intramolecular Hbond substituents is 1. The van der Waals surface area contributed by atoms with Gasteiger partial charge in [-0.1, -0.05) is 48.5 Å². The zero-order chi connectivity index (χ0) is 33.2. The second kappa shape index (κ2) is 15.6.